The summed E-state index contributed by atoms with van der Waals surface area (Å²) in [5.41, 5.74) is 0. The molecule has 0 aromatic rings. The first kappa shape index (κ1) is 9.17. The minimum Gasteiger partial charge on any atom is -0.299 e. The van der Waals surface area contributed by atoms with Crippen LogP contribution in [0, 0.1) is 11.8 Å². The van der Waals surface area contributed by atoms with E-state index in [0.29, 0.717) is 19.3 Å². The van der Waals surface area contributed by atoms with E-state index in [-0.39, 0.29) is 23.4 Å². The number of hydrogen-bond acceptors (Lipinski definition) is 2. The first-order valence-corrected chi connectivity index (χ1v) is 4.31. The Balaban J connectivity index is 2.66. The average Bonchev–Trinajstić information content (AvgIpc) is 1.96. The van der Waals surface area contributed by atoms with Gasteiger partial charge in [0.1, 0.15) is 11.6 Å². The van der Waals surface area contributed by atoms with Gasteiger partial charge in [0.25, 0.3) is 0 Å². The predicted octanol–water partition coefficient (Wildman–Crippen LogP) is 1.75. The van der Waals surface area contributed by atoms with Gasteiger partial charge in [0.2, 0.25) is 0 Å². The summed E-state index contributed by atoms with van der Waals surface area (Å²) in [6, 6.07) is 0. The Morgan fingerprint density at radius 3 is 2.33 bits per heavy atom. The van der Waals surface area contributed by atoms with E-state index >= 15 is 0 Å². The monoisotopic (exact) mass is 166 g/mol. The molecule has 12 heavy (non-hydrogen) atoms. The maximum atomic E-state index is 11.3. The molecule has 0 aromatic heterocycles. The largest absolute Gasteiger partial charge is 0.299 e. The van der Waals surface area contributed by atoms with Crippen molar-refractivity contribution in [2.75, 3.05) is 0 Å². The molecule has 1 aliphatic carbocycles. The third-order valence-corrected chi connectivity index (χ3v) is 2.28. The second-order valence-corrected chi connectivity index (χ2v) is 3.52. The standard InChI is InChI=1S/C10H14O2/c1-3-4-8-9(11)5-7(2)6-10(8)12/h3,7-8H,1,4-6H2,2H3. The van der Waals surface area contributed by atoms with Crippen LogP contribution < -0.4 is 0 Å². The highest BCUT2D eigenvalue weighted by atomic mass is 16.2. The number of rotatable bonds is 2. The van der Waals surface area contributed by atoms with Crippen molar-refractivity contribution in [2.24, 2.45) is 11.8 Å². The minimum absolute atomic E-state index is 0.0960. The van der Waals surface area contributed by atoms with Gasteiger partial charge in [0.05, 0.1) is 5.92 Å². The van der Waals surface area contributed by atoms with Gasteiger partial charge in [0.15, 0.2) is 0 Å². The fraction of sp³-hybridized carbons (Fsp3) is 0.600. The van der Waals surface area contributed by atoms with E-state index < -0.39 is 0 Å². The smallest absolute Gasteiger partial charge is 0.143 e. The highest BCUT2D eigenvalue weighted by molar-refractivity contribution is 6.04. The van der Waals surface area contributed by atoms with E-state index in [2.05, 4.69) is 6.58 Å². The van der Waals surface area contributed by atoms with Crippen LogP contribution in [-0.4, -0.2) is 11.6 Å². The first-order valence-electron chi connectivity index (χ1n) is 4.31. The lowest BCUT2D eigenvalue weighted by molar-refractivity contribution is -0.136. The van der Waals surface area contributed by atoms with Gasteiger partial charge in [-0.2, -0.15) is 0 Å². The van der Waals surface area contributed by atoms with Crippen molar-refractivity contribution >= 4 is 11.6 Å². The zero-order valence-corrected chi connectivity index (χ0v) is 7.38. The molecule has 0 aromatic carbocycles. The van der Waals surface area contributed by atoms with Crippen LogP contribution in [0.5, 0.6) is 0 Å². The summed E-state index contributed by atoms with van der Waals surface area (Å²) in [6.45, 7) is 5.48. The highest BCUT2D eigenvalue weighted by Gasteiger charge is 2.32. The van der Waals surface area contributed by atoms with Crippen LogP contribution >= 0.6 is 0 Å². The van der Waals surface area contributed by atoms with Crippen LogP contribution in [-0.2, 0) is 9.59 Å². The molecule has 66 valence electrons. The molecule has 0 atom stereocenters. The molecule has 0 N–H and O–H groups in total. The minimum atomic E-state index is -0.376. The van der Waals surface area contributed by atoms with Crippen molar-refractivity contribution < 1.29 is 9.59 Å². The molecule has 1 aliphatic rings. The number of Topliss-reactive ketones (excluding diaryl/α,β-unsaturated/α-hetero) is 2. The molecule has 0 aliphatic heterocycles. The molecule has 0 radical (unpaired) electrons. The van der Waals surface area contributed by atoms with Gasteiger partial charge in [0, 0.05) is 12.8 Å². The lowest BCUT2D eigenvalue weighted by Gasteiger charge is -2.22. The summed E-state index contributed by atoms with van der Waals surface area (Å²) >= 11 is 0. The summed E-state index contributed by atoms with van der Waals surface area (Å²) < 4.78 is 0. The van der Waals surface area contributed by atoms with Crippen molar-refractivity contribution in [1.29, 1.82) is 0 Å². The number of carbonyl (C=O) groups is 2. The molecular weight excluding hydrogens is 152 g/mol. The SMILES string of the molecule is C=CCC1C(=O)CC(C)CC1=O. The topological polar surface area (TPSA) is 34.1 Å². The lowest BCUT2D eigenvalue weighted by atomic mass is 9.79. The normalized spacial score (nSPS) is 30.4. The Bertz CT molecular complexity index is 200. The molecule has 0 unspecified atom stereocenters. The summed E-state index contributed by atoms with van der Waals surface area (Å²) in [5.74, 6) is 0.0575. The highest BCUT2D eigenvalue weighted by Crippen LogP contribution is 2.24. The quantitative estimate of drug-likeness (QED) is 0.462. The van der Waals surface area contributed by atoms with Gasteiger partial charge in [-0.05, 0) is 12.3 Å². The predicted molar refractivity (Wildman–Crippen MR) is 46.7 cm³/mol. The van der Waals surface area contributed by atoms with Crippen molar-refractivity contribution in [3.63, 3.8) is 0 Å². The maximum absolute atomic E-state index is 11.3. The molecule has 0 bridgehead atoms. The van der Waals surface area contributed by atoms with E-state index in [1.54, 1.807) is 6.08 Å². The number of carbonyl (C=O) groups excluding carboxylic acids is 2. The molecule has 0 heterocycles. The Labute approximate surface area is 72.7 Å². The van der Waals surface area contributed by atoms with E-state index in [1.165, 1.54) is 0 Å². The summed E-state index contributed by atoms with van der Waals surface area (Å²) in [4.78, 5) is 22.7. The number of allylic oxidation sites excluding steroid dienone is 1. The molecule has 2 nitrogen and oxygen atoms in total. The van der Waals surface area contributed by atoms with Crippen LogP contribution in [0.15, 0.2) is 12.7 Å². The molecule has 1 rings (SSSR count). The Kier molecular flexibility index (Phi) is 2.79. The van der Waals surface area contributed by atoms with Crippen LogP contribution in [0.4, 0.5) is 0 Å². The van der Waals surface area contributed by atoms with E-state index in [0.717, 1.165) is 0 Å². The summed E-state index contributed by atoms with van der Waals surface area (Å²) in [7, 11) is 0. The van der Waals surface area contributed by atoms with Crippen LogP contribution in [0.3, 0.4) is 0 Å². The second-order valence-electron chi connectivity index (χ2n) is 3.52. The molecule has 0 spiro atoms. The Morgan fingerprint density at radius 1 is 1.42 bits per heavy atom. The van der Waals surface area contributed by atoms with Crippen LogP contribution in [0.2, 0.25) is 0 Å². The van der Waals surface area contributed by atoms with Gasteiger partial charge in [-0.25, -0.2) is 0 Å². The molecule has 0 saturated heterocycles. The fourth-order valence-electron chi connectivity index (χ4n) is 1.65. The van der Waals surface area contributed by atoms with Gasteiger partial charge in [-0.15, -0.1) is 6.58 Å². The first-order chi connectivity index (χ1) is 5.65. The molecule has 2 heteroatoms. The zero-order chi connectivity index (χ0) is 9.14. The maximum Gasteiger partial charge on any atom is 0.143 e. The van der Waals surface area contributed by atoms with E-state index in [1.807, 2.05) is 6.92 Å². The zero-order valence-electron chi connectivity index (χ0n) is 7.38. The molecule has 0 amide bonds. The van der Waals surface area contributed by atoms with E-state index in [9.17, 15) is 9.59 Å². The third kappa shape index (κ3) is 1.81. The Morgan fingerprint density at radius 2 is 1.92 bits per heavy atom. The average molecular weight is 166 g/mol. The summed E-state index contributed by atoms with van der Waals surface area (Å²) in [6.07, 6.45) is 3.29. The Hall–Kier alpha value is -0.920. The fourth-order valence-corrected chi connectivity index (χ4v) is 1.65. The van der Waals surface area contributed by atoms with Gasteiger partial charge in [-0.3, -0.25) is 9.59 Å². The molecule has 1 saturated carbocycles. The number of ketones is 2. The van der Waals surface area contributed by atoms with Gasteiger partial charge >= 0.3 is 0 Å². The van der Waals surface area contributed by atoms with Crippen LogP contribution in [0.25, 0.3) is 0 Å². The summed E-state index contributed by atoms with van der Waals surface area (Å²) in [5, 5.41) is 0. The van der Waals surface area contributed by atoms with Crippen LogP contribution in [0.1, 0.15) is 26.2 Å². The lowest BCUT2D eigenvalue weighted by Crippen LogP contribution is -2.31. The third-order valence-electron chi connectivity index (χ3n) is 2.28. The van der Waals surface area contributed by atoms with Gasteiger partial charge < -0.3 is 0 Å². The van der Waals surface area contributed by atoms with Gasteiger partial charge in [-0.1, -0.05) is 13.0 Å². The van der Waals surface area contributed by atoms with Crippen molar-refractivity contribution in [2.45, 2.75) is 26.2 Å². The number of hydrogen-bond donors (Lipinski definition) is 0. The van der Waals surface area contributed by atoms with Crippen molar-refractivity contribution in [1.82, 2.24) is 0 Å². The van der Waals surface area contributed by atoms with Crippen molar-refractivity contribution in [3.05, 3.63) is 12.7 Å². The van der Waals surface area contributed by atoms with E-state index in [4.69, 9.17) is 0 Å². The molecular formula is C10H14O2. The van der Waals surface area contributed by atoms with Crippen molar-refractivity contribution in [3.8, 4) is 0 Å². The molecule has 1 fully saturated rings. The second kappa shape index (κ2) is 3.65.